The minimum atomic E-state index is -0.533. The third-order valence-electron chi connectivity index (χ3n) is 4.42. The lowest BCUT2D eigenvalue weighted by atomic mass is 9.93. The maximum Gasteiger partial charge on any atom is 0.0817 e. The van der Waals surface area contributed by atoms with Gasteiger partial charge in [-0.15, -0.1) is 0 Å². The summed E-state index contributed by atoms with van der Waals surface area (Å²) in [6, 6.07) is 0. The van der Waals surface area contributed by atoms with Crippen LogP contribution in [0.5, 0.6) is 0 Å². The fraction of sp³-hybridized carbons (Fsp3) is 1.00. The summed E-state index contributed by atoms with van der Waals surface area (Å²) >= 11 is 0. The first-order valence-corrected chi connectivity index (χ1v) is 7.35. The van der Waals surface area contributed by atoms with E-state index in [1.165, 1.54) is 12.8 Å². The Morgan fingerprint density at radius 3 is 2.67 bits per heavy atom. The van der Waals surface area contributed by atoms with Crippen molar-refractivity contribution in [2.24, 2.45) is 5.92 Å². The molecule has 2 N–H and O–H groups in total. The number of likely N-dealkylation sites (tertiary alicyclic amines) is 1. The summed E-state index contributed by atoms with van der Waals surface area (Å²) < 4.78 is 5.32. The first kappa shape index (κ1) is 14.3. The predicted octanol–water partition coefficient (Wildman–Crippen LogP) is 1.01. The van der Waals surface area contributed by atoms with Crippen LogP contribution in [0.3, 0.4) is 0 Å². The first-order chi connectivity index (χ1) is 8.72. The van der Waals surface area contributed by atoms with E-state index in [4.69, 9.17) is 9.84 Å². The Bertz CT molecular complexity index is 241. The van der Waals surface area contributed by atoms with Crippen LogP contribution in [0.4, 0.5) is 0 Å². The van der Waals surface area contributed by atoms with Crippen molar-refractivity contribution in [3.8, 4) is 0 Å². The zero-order valence-electron chi connectivity index (χ0n) is 11.3. The van der Waals surface area contributed by atoms with E-state index >= 15 is 0 Å². The Hall–Kier alpha value is -0.160. The quantitative estimate of drug-likeness (QED) is 0.789. The first-order valence-electron chi connectivity index (χ1n) is 7.35. The van der Waals surface area contributed by atoms with E-state index < -0.39 is 5.60 Å². The van der Waals surface area contributed by atoms with E-state index in [1.807, 2.05) is 0 Å². The van der Waals surface area contributed by atoms with Crippen molar-refractivity contribution >= 4 is 0 Å². The number of aliphatic hydroxyl groups excluding tert-OH is 1. The average molecular weight is 257 g/mol. The molecule has 0 aromatic rings. The Labute approximate surface area is 110 Å². The van der Waals surface area contributed by atoms with Crippen molar-refractivity contribution in [1.82, 2.24) is 4.90 Å². The van der Waals surface area contributed by atoms with Gasteiger partial charge in [0, 0.05) is 39.2 Å². The Morgan fingerprint density at radius 2 is 1.94 bits per heavy atom. The SMILES string of the molecule is OCCC1CCCN(CC2(O)CCOCC2)CC1. The molecule has 106 valence electrons. The molecule has 1 unspecified atom stereocenters. The number of rotatable bonds is 4. The van der Waals surface area contributed by atoms with Gasteiger partial charge in [0.2, 0.25) is 0 Å². The molecule has 1 atom stereocenters. The highest BCUT2D eigenvalue weighted by Crippen LogP contribution is 2.25. The van der Waals surface area contributed by atoms with Gasteiger partial charge in [0.1, 0.15) is 0 Å². The van der Waals surface area contributed by atoms with Crippen molar-refractivity contribution in [2.45, 2.75) is 44.1 Å². The molecular weight excluding hydrogens is 230 g/mol. The van der Waals surface area contributed by atoms with Gasteiger partial charge < -0.3 is 19.8 Å². The van der Waals surface area contributed by atoms with Gasteiger partial charge in [-0.2, -0.15) is 0 Å². The van der Waals surface area contributed by atoms with Crippen molar-refractivity contribution in [3.63, 3.8) is 0 Å². The van der Waals surface area contributed by atoms with E-state index in [2.05, 4.69) is 4.90 Å². The van der Waals surface area contributed by atoms with Crippen LogP contribution in [0.15, 0.2) is 0 Å². The highest BCUT2D eigenvalue weighted by Gasteiger charge is 2.32. The fourth-order valence-corrected chi connectivity index (χ4v) is 3.18. The average Bonchev–Trinajstić information content (AvgIpc) is 2.56. The van der Waals surface area contributed by atoms with Gasteiger partial charge in [-0.05, 0) is 44.7 Å². The molecule has 0 amide bonds. The molecule has 0 aromatic heterocycles. The molecule has 2 saturated heterocycles. The van der Waals surface area contributed by atoms with Crippen LogP contribution >= 0.6 is 0 Å². The summed E-state index contributed by atoms with van der Waals surface area (Å²) in [4.78, 5) is 2.41. The standard InChI is InChI=1S/C14H27NO3/c16-9-4-13-2-1-7-15(8-3-13)12-14(17)5-10-18-11-6-14/h13,16-17H,1-12H2. The van der Waals surface area contributed by atoms with Crippen molar-refractivity contribution in [2.75, 3.05) is 39.5 Å². The normalized spacial score (nSPS) is 30.0. The molecule has 0 aliphatic carbocycles. The minimum absolute atomic E-state index is 0.311. The van der Waals surface area contributed by atoms with Gasteiger partial charge in [-0.3, -0.25) is 0 Å². The molecule has 18 heavy (non-hydrogen) atoms. The lowest BCUT2D eigenvalue weighted by molar-refractivity contribution is -0.0795. The van der Waals surface area contributed by atoms with Gasteiger partial charge >= 0.3 is 0 Å². The van der Waals surface area contributed by atoms with E-state index in [-0.39, 0.29) is 0 Å². The van der Waals surface area contributed by atoms with Crippen LogP contribution in [0.2, 0.25) is 0 Å². The fourth-order valence-electron chi connectivity index (χ4n) is 3.18. The number of β-amino-alcohol motifs (C(OH)–C–C–N with tert-alkyl or cyclic N) is 1. The van der Waals surface area contributed by atoms with E-state index in [0.29, 0.717) is 25.7 Å². The number of nitrogens with zero attached hydrogens (tertiary/aromatic N) is 1. The van der Waals surface area contributed by atoms with Crippen LogP contribution in [-0.2, 0) is 4.74 Å². The zero-order valence-corrected chi connectivity index (χ0v) is 11.3. The summed E-state index contributed by atoms with van der Waals surface area (Å²) in [5.41, 5.74) is -0.533. The highest BCUT2D eigenvalue weighted by atomic mass is 16.5. The molecule has 2 heterocycles. The summed E-state index contributed by atoms with van der Waals surface area (Å²) in [5.74, 6) is 0.671. The monoisotopic (exact) mass is 257 g/mol. The molecule has 4 heteroatoms. The van der Waals surface area contributed by atoms with Gasteiger partial charge in [0.25, 0.3) is 0 Å². The molecule has 2 fully saturated rings. The molecule has 0 radical (unpaired) electrons. The summed E-state index contributed by atoms with van der Waals surface area (Å²) in [6.45, 7) is 4.64. The van der Waals surface area contributed by atoms with Gasteiger partial charge in [-0.25, -0.2) is 0 Å². The summed E-state index contributed by atoms with van der Waals surface area (Å²) in [7, 11) is 0. The van der Waals surface area contributed by atoms with E-state index in [9.17, 15) is 5.11 Å². The lowest BCUT2D eigenvalue weighted by Gasteiger charge is -2.36. The lowest BCUT2D eigenvalue weighted by Crippen LogP contribution is -2.47. The van der Waals surface area contributed by atoms with Crippen LogP contribution < -0.4 is 0 Å². The Morgan fingerprint density at radius 1 is 1.17 bits per heavy atom. The maximum atomic E-state index is 10.5. The maximum absolute atomic E-state index is 10.5. The van der Waals surface area contributed by atoms with Crippen LogP contribution in [-0.4, -0.2) is 60.2 Å². The number of hydrogen-bond donors (Lipinski definition) is 2. The summed E-state index contributed by atoms with van der Waals surface area (Å²) in [6.07, 6.45) is 6.04. The topological polar surface area (TPSA) is 52.9 Å². The Balaban J connectivity index is 1.79. The minimum Gasteiger partial charge on any atom is -0.396 e. The Kier molecular flexibility index (Phi) is 5.42. The molecule has 0 aromatic carbocycles. The third kappa shape index (κ3) is 4.19. The number of hydrogen-bond acceptors (Lipinski definition) is 4. The molecule has 0 spiro atoms. The second-order valence-corrected chi connectivity index (χ2v) is 5.92. The molecule has 0 saturated carbocycles. The predicted molar refractivity (Wildman–Crippen MR) is 70.5 cm³/mol. The summed E-state index contributed by atoms with van der Waals surface area (Å²) in [5, 5.41) is 19.5. The van der Waals surface area contributed by atoms with Crippen LogP contribution in [0.25, 0.3) is 0 Å². The van der Waals surface area contributed by atoms with Gasteiger partial charge in [-0.1, -0.05) is 0 Å². The number of aliphatic hydroxyl groups is 2. The molecule has 0 bridgehead atoms. The molecule has 2 aliphatic rings. The van der Waals surface area contributed by atoms with Crippen molar-refractivity contribution < 1.29 is 14.9 Å². The van der Waals surface area contributed by atoms with Crippen molar-refractivity contribution in [3.05, 3.63) is 0 Å². The number of ether oxygens (including phenoxy) is 1. The third-order valence-corrected chi connectivity index (χ3v) is 4.42. The molecule has 2 aliphatic heterocycles. The second kappa shape index (κ2) is 6.85. The molecule has 2 rings (SSSR count). The molecular formula is C14H27NO3. The van der Waals surface area contributed by atoms with E-state index in [1.54, 1.807) is 0 Å². The largest absolute Gasteiger partial charge is 0.396 e. The highest BCUT2D eigenvalue weighted by molar-refractivity contribution is 4.85. The van der Waals surface area contributed by atoms with Crippen LogP contribution in [0.1, 0.15) is 38.5 Å². The van der Waals surface area contributed by atoms with Gasteiger partial charge in [0.15, 0.2) is 0 Å². The van der Waals surface area contributed by atoms with Crippen LogP contribution in [0, 0.1) is 5.92 Å². The van der Waals surface area contributed by atoms with Gasteiger partial charge in [0.05, 0.1) is 5.60 Å². The molecule has 4 nitrogen and oxygen atoms in total. The second-order valence-electron chi connectivity index (χ2n) is 5.92. The van der Waals surface area contributed by atoms with E-state index in [0.717, 1.165) is 45.3 Å². The smallest absolute Gasteiger partial charge is 0.0817 e. The van der Waals surface area contributed by atoms with Crippen molar-refractivity contribution in [1.29, 1.82) is 0 Å². The zero-order chi connectivity index (χ0) is 12.8.